The van der Waals surface area contributed by atoms with Gasteiger partial charge in [-0.3, -0.25) is 4.79 Å². The summed E-state index contributed by atoms with van der Waals surface area (Å²) in [6, 6.07) is 0. The van der Waals surface area contributed by atoms with Crippen molar-refractivity contribution in [3.63, 3.8) is 0 Å². The van der Waals surface area contributed by atoms with Crippen molar-refractivity contribution in [1.82, 2.24) is 4.90 Å². The fourth-order valence-electron chi connectivity index (χ4n) is 1.47. The predicted molar refractivity (Wildman–Crippen MR) is 40.2 cm³/mol. The van der Waals surface area contributed by atoms with Crippen LogP contribution in [0.1, 0.15) is 19.3 Å². The molecule has 0 radical (unpaired) electrons. The topological polar surface area (TPSA) is 32.8 Å². The molecule has 0 aliphatic carbocycles. The molecule has 0 N–H and O–H groups in total. The third kappa shape index (κ3) is 1.71. The van der Waals surface area contributed by atoms with E-state index in [1.54, 1.807) is 0 Å². The minimum atomic E-state index is 0.312. The Morgan fingerprint density at radius 3 is 3.00 bits per heavy atom. The summed E-state index contributed by atoms with van der Waals surface area (Å²) >= 11 is 0. The molecule has 1 atom stereocenters. The van der Waals surface area contributed by atoms with E-state index in [1.165, 1.54) is 6.42 Å². The summed E-state index contributed by atoms with van der Waals surface area (Å²) in [7, 11) is 0. The highest BCUT2D eigenvalue weighted by Crippen LogP contribution is 2.16. The molecule has 11 heavy (non-hydrogen) atoms. The largest absolute Gasteiger partial charge is 0.371 e. The monoisotopic (exact) mass is 155 g/mol. The Labute approximate surface area is 66.3 Å². The van der Waals surface area contributed by atoms with Crippen LogP contribution in [0.15, 0.2) is 0 Å². The van der Waals surface area contributed by atoms with E-state index >= 15 is 0 Å². The second-order valence-electron chi connectivity index (χ2n) is 3.25. The quantitative estimate of drug-likeness (QED) is 0.541. The van der Waals surface area contributed by atoms with Crippen LogP contribution in [0.5, 0.6) is 0 Å². The number of carbonyl (C=O) groups excluding carboxylic acids is 1. The highest BCUT2D eigenvalue weighted by molar-refractivity contribution is 5.76. The molecule has 1 unspecified atom stereocenters. The Hall–Kier alpha value is -0.570. The molecule has 0 saturated carbocycles. The maximum atomic E-state index is 11.2. The molecule has 2 rings (SSSR count). The third-order valence-corrected chi connectivity index (χ3v) is 2.25. The summed E-state index contributed by atoms with van der Waals surface area (Å²) in [6.07, 6.45) is 3.34. The number of nitrogens with zero attached hydrogens (tertiary/aromatic N) is 1. The minimum absolute atomic E-state index is 0.312. The normalized spacial score (nSPS) is 30.7. The van der Waals surface area contributed by atoms with Gasteiger partial charge in [0, 0.05) is 19.5 Å². The lowest BCUT2D eigenvalue weighted by molar-refractivity contribution is -0.133. The van der Waals surface area contributed by atoms with Gasteiger partial charge in [0.2, 0.25) is 5.91 Å². The number of likely N-dealkylation sites (tertiary alicyclic amines) is 1. The van der Waals surface area contributed by atoms with Gasteiger partial charge < -0.3 is 9.64 Å². The number of rotatable bonds is 2. The van der Waals surface area contributed by atoms with Crippen molar-refractivity contribution >= 4 is 5.91 Å². The van der Waals surface area contributed by atoms with Gasteiger partial charge >= 0.3 is 0 Å². The Kier molecular flexibility index (Phi) is 1.82. The van der Waals surface area contributed by atoms with Gasteiger partial charge in [0.15, 0.2) is 0 Å². The summed E-state index contributed by atoms with van der Waals surface area (Å²) in [5, 5.41) is 0. The molecule has 0 aromatic rings. The van der Waals surface area contributed by atoms with Gasteiger partial charge in [-0.1, -0.05) is 0 Å². The number of amides is 1. The molecule has 2 heterocycles. The van der Waals surface area contributed by atoms with E-state index in [9.17, 15) is 4.79 Å². The van der Waals surface area contributed by atoms with Crippen LogP contribution in [0.2, 0.25) is 0 Å². The van der Waals surface area contributed by atoms with Gasteiger partial charge in [0.05, 0.1) is 12.7 Å². The molecule has 2 aliphatic rings. The van der Waals surface area contributed by atoms with Gasteiger partial charge in [0.1, 0.15) is 0 Å². The summed E-state index contributed by atoms with van der Waals surface area (Å²) in [5.74, 6) is 0.312. The zero-order valence-electron chi connectivity index (χ0n) is 6.58. The van der Waals surface area contributed by atoms with Gasteiger partial charge in [-0.2, -0.15) is 0 Å². The highest BCUT2D eigenvalue weighted by atomic mass is 16.6. The predicted octanol–water partition coefficient (Wildman–Crippen LogP) is 0.398. The molecule has 0 aromatic heterocycles. The summed E-state index contributed by atoms with van der Waals surface area (Å²) in [6.45, 7) is 2.63. The maximum absolute atomic E-state index is 11.2. The van der Waals surface area contributed by atoms with Gasteiger partial charge in [-0.15, -0.1) is 0 Å². The molecule has 3 heteroatoms. The zero-order valence-corrected chi connectivity index (χ0v) is 6.58. The van der Waals surface area contributed by atoms with E-state index in [-0.39, 0.29) is 0 Å². The summed E-state index contributed by atoms with van der Waals surface area (Å²) < 4.78 is 5.07. The van der Waals surface area contributed by atoms with Crippen molar-refractivity contribution in [2.75, 3.05) is 19.7 Å². The molecule has 2 aliphatic heterocycles. The van der Waals surface area contributed by atoms with Crippen molar-refractivity contribution in [2.45, 2.75) is 25.4 Å². The van der Waals surface area contributed by atoms with E-state index in [2.05, 4.69) is 0 Å². The lowest BCUT2D eigenvalue weighted by Gasteiger charge is -2.25. The van der Waals surface area contributed by atoms with E-state index in [0.717, 1.165) is 32.5 Å². The first-order valence-electron chi connectivity index (χ1n) is 4.25. The molecule has 62 valence electrons. The van der Waals surface area contributed by atoms with Gasteiger partial charge in [-0.25, -0.2) is 0 Å². The second-order valence-corrected chi connectivity index (χ2v) is 3.25. The van der Waals surface area contributed by atoms with Crippen molar-refractivity contribution in [3.05, 3.63) is 0 Å². The number of hydrogen-bond acceptors (Lipinski definition) is 2. The number of piperidine rings is 1. The lowest BCUT2D eigenvalue weighted by atomic mass is 10.1. The zero-order chi connectivity index (χ0) is 7.68. The lowest BCUT2D eigenvalue weighted by Crippen LogP contribution is -2.37. The average Bonchev–Trinajstić information content (AvgIpc) is 2.78. The van der Waals surface area contributed by atoms with Crippen LogP contribution in [0, 0.1) is 0 Å². The number of hydrogen-bond donors (Lipinski definition) is 0. The molecule has 0 spiro atoms. The molecule has 0 aromatic carbocycles. The number of epoxide rings is 1. The smallest absolute Gasteiger partial charge is 0.222 e. The fraction of sp³-hybridized carbons (Fsp3) is 0.875. The van der Waals surface area contributed by atoms with Crippen LogP contribution in [-0.4, -0.2) is 36.6 Å². The van der Waals surface area contributed by atoms with E-state index in [1.807, 2.05) is 4.90 Å². The van der Waals surface area contributed by atoms with Crippen molar-refractivity contribution in [2.24, 2.45) is 0 Å². The average molecular weight is 155 g/mol. The second kappa shape index (κ2) is 2.81. The van der Waals surface area contributed by atoms with Crippen molar-refractivity contribution in [3.8, 4) is 0 Å². The first-order chi connectivity index (χ1) is 5.36. The van der Waals surface area contributed by atoms with Crippen LogP contribution in [0.25, 0.3) is 0 Å². The van der Waals surface area contributed by atoms with Crippen molar-refractivity contribution in [1.29, 1.82) is 0 Å². The van der Waals surface area contributed by atoms with Crippen LogP contribution < -0.4 is 0 Å². The molecular weight excluding hydrogens is 142 g/mol. The number of carbonyl (C=O) groups is 1. The Morgan fingerprint density at radius 2 is 2.36 bits per heavy atom. The SMILES string of the molecule is O=C1CCCCN1CC1CO1. The minimum Gasteiger partial charge on any atom is -0.371 e. The summed E-state index contributed by atoms with van der Waals surface area (Å²) in [5.41, 5.74) is 0. The molecule has 3 nitrogen and oxygen atoms in total. The van der Waals surface area contributed by atoms with E-state index in [0.29, 0.717) is 12.0 Å². The molecule has 2 fully saturated rings. The first-order valence-corrected chi connectivity index (χ1v) is 4.25. The van der Waals surface area contributed by atoms with Crippen molar-refractivity contribution < 1.29 is 9.53 Å². The molecular formula is C8H13NO2. The Morgan fingerprint density at radius 1 is 1.55 bits per heavy atom. The third-order valence-electron chi connectivity index (χ3n) is 2.25. The highest BCUT2D eigenvalue weighted by Gasteiger charge is 2.28. The molecule has 1 amide bonds. The van der Waals surface area contributed by atoms with E-state index in [4.69, 9.17) is 4.74 Å². The van der Waals surface area contributed by atoms with Crippen LogP contribution >= 0.6 is 0 Å². The summed E-state index contributed by atoms with van der Waals surface area (Å²) in [4.78, 5) is 13.2. The van der Waals surface area contributed by atoms with E-state index < -0.39 is 0 Å². The Balaban J connectivity index is 1.83. The van der Waals surface area contributed by atoms with Gasteiger partial charge in [0.25, 0.3) is 0 Å². The van der Waals surface area contributed by atoms with Crippen LogP contribution in [-0.2, 0) is 9.53 Å². The molecule has 0 bridgehead atoms. The van der Waals surface area contributed by atoms with Crippen LogP contribution in [0.3, 0.4) is 0 Å². The molecule has 2 saturated heterocycles. The first kappa shape index (κ1) is 7.10. The fourth-order valence-corrected chi connectivity index (χ4v) is 1.47. The van der Waals surface area contributed by atoms with Gasteiger partial charge in [-0.05, 0) is 12.8 Å². The number of ether oxygens (including phenoxy) is 1. The Bertz CT molecular complexity index is 165. The van der Waals surface area contributed by atoms with Crippen LogP contribution in [0.4, 0.5) is 0 Å². The maximum Gasteiger partial charge on any atom is 0.222 e. The standard InChI is InChI=1S/C8H13NO2/c10-8-3-1-2-4-9(8)5-7-6-11-7/h7H,1-6H2.